The summed E-state index contributed by atoms with van der Waals surface area (Å²) in [4.78, 5) is 28.1. The molecule has 0 heterocycles. The van der Waals surface area contributed by atoms with Crippen LogP contribution in [0.25, 0.3) is 0 Å². The maximum atomic E-state index is 10.1. The van der Waals surface area contributed by atoms with Crippen molar-refractivity contribution in [3.8, 4) is 0 Å². The maximum Gasteiger partial charge on any atom is 0.302 e. The lowest BCUT2D eigenvalue weighted by Crippen LogP contribution is -2.05. The highest BCUT2D eigenvalue weighted by Gasteiger charge is 1.94. The Morgan fingerprint density at radius 2 is 1.25 bits per heavy atom. The molecule has 0 fully saturated rings. The Morgan fingerprint density at radius 1 is 1.00 bits per heavy atom. The lowest BCUT2D eigenvalue weighted by Gasteiger charge is -2.02. The number of esters is 1. The van der Waals surface area contributed by atoms with Crippen LogP contribution in [0.1, 0.15) is 34.6 Å². The monoisotopic (exact) mass is 236 g/mol. The SMILES string of the molecule is CC(=O)O.CC(=O)O.CC(=O)OCC(C)C. The van der Waals surface area contributed by atoms with Crippen LogP contribution in [0.2, 0.25) is 0 Å². The topological polar surface area (TPSA) is 101 Å². The largest absolute Gasteiger partial charge is 0.481 e. The predicted octanol–water partition coefficient (Wildman–Crippen LogP) is 1.39. The quantitative estimate of drug-likeness (QED) is 0.702. The summed E-state index contributed by atoms with van der Waals surface area (Å²) in [6, 6.07) is 0. The Kier molecular flexibility index (Phi) is 16.7. The van der Waals surface area contributed by atoms with E-state index in [-0.39, 0.29) is 5.97 Å². The molecule has 16 heavy (non-hydrogen) atoms. The predicted molar refractivity (Wildman–Crippen MR) is 58.1 cm³/mol. The first-order valence-electron chi connectivity index (χ1n) is 4.62. The van der Waals surface area contributed by atoms with Crippen molar-refractivity contribution < 1.29 is 29.3 Å². The van der Waals surface area contributed by atoms with E-state index in [4.69, 9.17) is 19.8 Å². The molecule has 0 radical (unpaired) electrons. The van der Waals surface area contributed by atoms with Crippen molar-refractivity contribution >= 4 is 17.9 Å². The van der Waals surface area contributed by atoms with E-state index in [2.05, 4.69) is 4.74 Å². The van der Waals surface area contributed by atoms with Gasteiger partial charge in [-0.25, -0.2) is 0 Å². The molecule has 0 saturated carbocycles. The van der Waals surface area contributed by atoms with Crippen molar-refractivity contribution in [3.05, 3.63) is 0 Å². The number of hydrogen-bond acceptors (Lipinski definition) is 4. The highest BCUT2D eigenvalue weighted by atomic mass is 16.5. The minimum Gasteiger partial charge on any atom is -0.481 e. The first-order valence-corrected chi connectivity index (χ1v) is 4.62. The number of aliphatic carboxylic acids is 2. The zero-order valence-electron chi connectivity index (χ0n) is 10.3. The van der Waals surface area contributed by atoms with Crippen molar-refractivity contribution in [3.63, 3.8) is 0 Å². The first-order chi connectivity index (χ1) is 7.09. The fourth-order valence-corrected chi connectivity index (χ4v) is 0.284. The van der Waals surface area contributed by atoms with Gasteiger partial charge in [0.05, 0.1) is 6.61 Å². The third-order valence-electron chi connectivity index (χ3n) is 0.620. The third kappa shape index (κ3) is 139. The first kappa shape index (κ1) is 19.9. The number of carbonyl (C=O) groups is 3. The molecular weight excluding hydrogens is 216 g/mol. The second-order valence-corrected chi connectivity index (χ2v) is 3.23. The van der Waals surface area contributed by atoms with Crippen LogP contribution in [-0.2, 0) is 19.1 Å². The number of carboxylic acid groups (broad SMARTS) is 2. The summed E-state index contributed by atoms with van der Waals surface area (Å²) in [6.07, 6.45) is 0. The average molecular weight is 236 g/mol. The van der Waals surface area contributed by atoms with Crippen molar-refractivity contribution in [2.45, 2.75) is 34.6 Å². The summed E-state index contributed by atoms with van der Waals surface area (Å²) in [7, 11) is 0. The number of carbonyl (C=O) groups excluding carboxylic acids is 1. The fourth-order valence-electron chi connectivity index (χ4n) is 0.284. The number of hydrogen-bond donors (Lipinski definition) is 2. The highest BCUT2D eigenvalue weighted by molar-refractivity contribution is 5.65. The van der Waals surface area contributed by atoms with E-state index >= 15 is 0 Å². The second-order valence-electron chi connectivity index (χ2n) is 3.23. The molecule has 2 N–H and O–H groups in total. The Bertz CT molecular complexity index is 189. The molecule has 0 bridgehead atoms. The molecule has 0 aromatic heterocycles. The van der Waals surface area contributed by atoms with Crippen molar-refractivity contribution in [1.82, 2.24) is 0 Å². The van der Waals surface area contributed by atoms with Crippen LogP contribution in [0.15, 0.2) is 0 Å². The molecule has 6 heteroatoms. The van der Waals surface area contributed by atoms with Crippen LogP contribution in [0.5, 0.6) is 0 Å². The summed E-state index contributed by atoms with van der Waals surface area (Å²) in [6.45, 7) is 8.13. The minimum absolute atomic E-state index is 0.196. The van der Waals surface area contributed by atoms with E-state index in [9.17, 15) is 4.79 Å². The molecule has 0 spiro atoms. The third-order valence-corrected chi connectivity index (χ3v) is 0.620. The van der Waals surface area contributed by atoms with Gasteiger partial charge in [-0.15, -0.1) is 0 Å². The van der Waals surface area contributed by atoms with Crippen LogP contribution in [0.4, 0.5) is 0 Å². The zero-order chi connectivity index (χ0) is 13.7. The number of ether oxygens (including phenoxy) is 1. The fraction of sp³-hybridized carbons (Fsp3) is 0.700. The van der Waals surface area contributed by atoms with E-state index in [1.54, 1.807) is 0 Å². The van der Waals surface area contributed by atoms with E-state index in [1.807, 2.05) is 13.8 Å². The molecule has 6 nitrogen and oxygen atoms in total. The van der Waals surface area contributed by atoms with Gasteiger partial charge in [-0.3, -0.25) is 14.4 Å². The minimum atomic E-state index is -0.833. The van der Waals surface area contributed by atoms with Gasteiger partial charge in [0.2, 0.25) is 0 Å². The van der Waals surface area contributed by atoms with Gasteiger partial charge < -0.3 is 14.9 Å². The Hall–Kier alpha value is -1.59. The molecule has 0 aliphatic rings. The Labute approximate surface area is 95.2 Å². The van der Waals surface area contributed by atoms with Gasteiger partial charge in [0.25, 0.3) is 11.9 Å². The van der Waals surface area contributed by atoms with Gasteiger partial charge in [-0.2, -0.15) is 0 Å². The Balaban J connectivity index is -0.000000179. The second kappa shape index (κ2) is 13.4. The van der Waals surface area contributed by atoms with Gasteiger partial charge in [0.1, 0.15) is 0 Å². The molecule has 0 amide bonds. The molecule has 0 aromatic carbocycles. The van der Waals surface area contributed by atoms with Gasteiger partial charge in [-0.1, -0.05) is 13.8 Å². The van der Waals surface area contributed by atoms with Crippen LogP contribution >= 0.6 is 0 Å². The van der Waals surface area contributed by atoms with Crippen molar-refractivity contribution in [2.75, 3.05) is 6.61 Å². The molecule has 0 aliphatic carbocycles. The molecule has 0 aromatic rings. The molecule has 0 rings (SSSR count). The molecular formula is C10H20O6. The van der Waals surface area contributed by atoms with E-state index in [0.717, 1.165) is 13.8 Å². The van der Waals surface area contributed by atoms with Crippen molar-refractivity contribution in [1.29, 1.82) is 0 Å². The van der Waals surface area contributed by atoms with Crippen molar-refractivity contribution in [2.24, 2.45) is 5.92 Å². The average Bonchev–Trinajstić information content (AvgIpc) is 1.98. The summed E-state index contributed by atoms with van der Waals surface area (Å²) in [5.74, 6) is -1.42. The lowest BCUT2D eigenvalue weighted by molar-refractivity contribution is -0.142. The summed E-state index contributed by atoms with van der Waals surface area (Å²) < 4.78 is 4.66. The maximum absolute atomic E-state index is 10.1. The molecule has 0 saturated heterocycles. The molecule has 0 unspecified atom stereocenters. The van der Waals surface area contributed by atoms with E-state index < -0.39 is 11.9 Å². The van der Waals surface area contributed by atoms with Gasteiger partial charge in [0.15, 0.2) is 0 Å². The molecule has 0 atom stereocenters. The normalized spacial score (nSPS) is 7.88. The number of carboxylic acids is 2. The standard InChI is InChI=1S/C6H12O2.2C2H4O2/c1-5(2)4-8-6(3)7;2*1-2(3)4/h5H,4H2,1-3H3;2*1H3,(H,3,4). The van der Waals surface area contributed by atoms with Crippen LogP contribution in [0, 0.1) is 5.92 Å². The van der Waals surface area contributed by atoms with Crippen LogP contribution in [-0.4, -0.2) is 34.7 Å². The molecule has 96 valence electrons. The zero-order valence-corrected chi connectivity index (χ0v) is 10.3. The van der Waals surface area contributed by atoms with Gasteiger partial charge >= 0.3 is 5.97 Å². The Morgan fingerprint density at radius 3 is 1.31 bits per heavy atom. The number of rotatable bonds is 2. The summed E-state index contributed by atoms with van der Waals surface area (Å²) >= 11 is 0. The summed E-state index contributed by atoms with van der Waals surface area (Å²) in [5, 5.41) is 14.8. The van der Waals surface area contributed by atoms with Crippen LogP contribution in [0.3, 0.4) is 0 Å². The van der Waals surface area contributed by atoms with Crippen LogP contribution < -0.4 is 0 Å². The smallest absolute Gasteiger partial charge is 0.302 e. The molecule has 0 aliphatic heterocycles. The van der Waals surface area contributed by atoms with E-state index in [0.29, 0.717) is 12.5 Å². The highest BCUT2D eigenvalue weighted by Crippen LogP contribution is 1.91. The van der Waals surface area contributed by atoms with Gasteiger partial charge in [0, 0.05) is 20.8 Å². The van der Waals surface area contributed by atoms with E-state index in [1.165, 1.54) is 6.92 Å². The van der Waals surface area contributed by atoms with Gasteiger partial charge in [-0.05, 0) is 5.92 Å². The lowest BCUT2D eigenvalue weighted by atomic mass is 10.2. The summed E-state index contributed by atoms with van der Waals surface area (Å²) in [5.41, 5.74) is 0.